The van der Waals surface area contributed by atoms with Gasteiger partial charge < -0.3 is 10.2 Å². The zero-order valence-electron chi connectivity index (χ0n) is 21.6. The van der Waals surface area contributed by atoms with E-state index in [-0.39, 0.29) is 23.1 Å². The van der Waals surface area contributed by atoms with Gasteiger partial charge in [-0.15, -0.1) is 0 Å². The van der Waals surface area contributed by atoms with Crippen LogP contribution in [0.25, 0.3) is 16.9 Å². The normalized spacial score (nSPS) is 14.6. The first-order valence-corrected chi connectivity index (χ1v) is 12.6. The molecule has 39 heavy (non-hydrogen) atoms. The van der Waals surface area contributed by atoms with E-state index in [1.807, 2.05) is 18.2 Å². The van der Waals surface area contributed by atoms with Gasteiger partial charge in [0.05, 0.1) is 17.6 Å². The van der Waals surface area contributed by atoms with E-state index in [1.165, 1.54) is 30.7 Å². The monoisotopic (exact) mass is 535 g/mol. The lowest BCUT2D eigenvalue weighted by Crippen LogP contribution is -2.48. The van der Waals surface area contributed by atoms with Crippen molar-refractivity contribution in [3.05, 3.63) is 84.4 Å². The van der Waals surface area contributed by atoms with E-state index >= 15 is 0 Å². The van der Waals surface area contributed by atoms with Gasteiger partial charge in [-0.1, -0.05) is 6.07 Å². The quantitative estimate of drug-likeness (QED) is 0.369. The van der Waals surface area contributed by atoms with Crippen LogP contribution in [0.2, 0.25) is 0 Å². The summed E-state index contributed by atoms with van der Waals surface area (Å²) in [5.41, 5.74) is 1.21. The van der Waals surface area contributed by atoms with E-state index in [0.29, 0.717) is 17.2 Å². The summed E-state index contributed by atoms with van der Waals surface area (Å²) in [7, 11) is 0. The molecule has 1 amide bonds. The van der Waals surface area contributed by atoms with E-state index in [0.717, 1.165) is 42.6 Å². The molecule has 1 N–H and O–H groups in total. The molecule has 202 valence electrons. The molecule has 1 fully saturated rings. The van der Waals surface area contributed by atoms with E-state index in [4.69, 9.17) is 0 Å². The Morgan fingerprint density at radius 3 is 2.38 bits per heavy atom. The molecule has 4 aromatic rings. The number of anilines is 2. The first-order valence-electron chi connectivity index (χ1n) is 12.6. The maximum absolute atomic E-state index is 13.8. The maximum atomic E-state index is 13.8. The number of pyridine rings is 2. The molecule has 0 atom stereocenters. The number of hydrogen-bond acceptors (Lipinski definition) is 6. The minimum atomic E-state index is -4.63. The SMILES string of the molecule is CC(C)N1CCN(c2cccc(C(=O)Nc3ccc(-n4nc(-c5cccnc5)cc4C(F)(F)F)cn3)c2)CC1. The van der Waals surface area contributed by atoms with Crippen molar-refractivity contribution in [3.63, 3.8) is 0 Å². The van der Waals surface area contributed by atoms with Crippen LogP contribution in [0.5, 0.6) is 0 Å². The Hall–Kier alpha value is -4.25. The topological polar surface area (TPSA) is 79.2 Å². The number of nitrogens with zero attached hydrogens (tertiary/aromatic N) is 6. The number of piperazine rings is 1. The van der Waals surface area contributed by atoms with Gasteiger partial charge in [-0.3, -0.25) is 14.7 Å². The van der Waals surface area contributed by atoms with Crippen molar-refractivity contribution in [2.24, 2.45) is 0 Å². The van der Waals surface area contributed by atoms with Crippen LogP contribution in [0.3, 0.4) is 0 Å². The zero-order valence-corrected chi connectivity index (χ0v) is 21.6. The number of hydrogen-bond donors (Lipinski definition) is 1. The second-order valence-corrected chi connectivity index (χ2v) is 9.59. The highest BCUT2D eigenvalue weighted by Crippen LogP contribution is 2.34. The first kappa shape index (κ1) is 26.4. The average molecular weight is 536 g/mol. The molecule has 0 saturated carbocycles. The van der Waals surface area contributed by atoms with Crippen molar-refractivity contribution in [2.75, 3.05) is 36.4 Å². The van der Waals surface area contributed by atoms with E-state index in [9.17, 15) is 18.0 Å². The maximum Gasteiger partial charge on any atom is 0.433 e. The molecule has 0 aliphatic carbocycles. The Labute approximate surface area is 224 Å². The Morgan fingerprint density at radius 1 is 0.949 bits per heavy atom. The Balaban J connectivity index is 1.31. The first-order chi connectivity index (χ1) is 18.7. The Morgan fingerprint density at radius 2 is 1.74 bits per heavy atom. The minimum absolute atomic E-state index is 0.109. The average Bonchev–Trinajstić information content (AvgIpc) is 3.41. The molecule has 0 radical (unpaired) electrons. The van der Waals surface area contributed by atoms with Gasteiger partial charge >= 0.3 is 6.18 Å². The molecular weight excluding hydrogens is 507 g/mol. The van der Waals surface area contributed by atoms with Crippen molar-refractivity contribution in [1.82, 2.24) is 24.6 Å². The molecular formula is C28H28F3N7O. The van der Waals surface area contributed by atoms with E-state index < -0.39 is 11.9 Å². The van der Waals surface area contributed by atoms with Crippen molar-refractivity contribution in [2.45, 2.75) is 26.1 Å². The van der Waals surface area contributed by atoms with Gasteiger partial charge in [0.1, 0.15) is 11.5 Å². The second-order valence-electron chi connectivity index (χ2n) is 9.59. The molecule has 8 nitrogen and oxygen atoms in total. The van der Waals surface area contributed by atoms with Crippen molar-refractivity contribution in [3.8, 4) is 16.9 Å². The molecule has 1 aromatic carbocycles. The van der Waals surface area contributed by atoms with Gasteiger partial charge in [0.25, 0.3) is 5.91 Å². The van der Waals surface area contributed by atoms with Gasteiger partial charge in [0.2, 0.25) is 0 Å². The van der Waals surface area contributed by atoms with Crippen molar-refractivity contribution < 1.29 is 18.0 Å². The van der Waals surface area contributed by atoms with Gasteiger partial charge in [0.15, 0.2) is 0 Å². The third-order valence-electron chi connectivity index (χ3n) is 6.71. The predicted octanol–water partition coefficient (Wildman–Crippen LogP) is 5.13. The lowest BCUT2D eigenvalue weighted by molar-refractivity contribution is -0.142. The Kier molecular flexibility index (Phi) is 7.34. The van der Waals surface area contributed by atoms with Crippen LogP contribution in [-0.4, -0.2) is 62.8 Å². The Bertz CT molecular complexity index is 1430. The van der Waals surface area contributed by atoms with Crippen LogP contribution in [0, 0.1) is 0 Å². The molecule has 3 aromatic heterocycles. The van der Waals surface area contributed by atoms with Crippen LogP contribution in [-0.2, 0) is 6.18 Å². The number of alkyl halides is 3. The molecule has 0 unspecified atom stereocenters. The van der Waals surface area contributed by atoms with Crippen LogP contribution in [0.4, 0.5) is 24.7 Å². The molecule has 5 rings (SSSR count). The molecule has 4 heterocycles. The summed E-state index contributed by atoms with van der Waals surface area (Å²) in [6.45, 7) is 8.04. The largest absolute Gasteiger partial charge is 0.433 e. The fourth-order valence-electron chi connectivity index (χ4n) is 4.55. The fraction of sp³-hybridized carbons (Fsp3) is 0.286. The fourth-order valence-corrected chi connectivity index (χ4v) is 4.55. The highest BCUT2D eigenvalue weighted by Gasteiger charge is 2.36. The number of aromatic nitrogens is 4. The zero-order chi connectivity index (χ0) is 27.6. The standard InChI is InChI=1S/C28H28F3N7O/c1-19(2)36-11-13-37(14-12-36)22-7-3-5-20(15-22)27(39)34-26-9-8-23(18-33-26)38-25(28(29,30)31)16-24(35-38)21-6-4-10-32-17-21/h3-10,15-19H,11-14H2,1-2H3,(H,33,34,39). The molecule has 1 aliphatic rings. The number of amides is 1. The molecule has 1 saturated heterocycles. The highest BCUT2D eigenvalue weighted by molar-refractivity contribution is 6.04. The summed E-state index contributed by atoms with van der Waals surface area (Å²) in [6, 6.07) is 15.0. The summed E-state index contributed by atoms with van der Waals surface area (Å²) in [5, 5.41) is 6.87. The minimum Gasteiger partial charge on any atom is -0.369 e. The molecule has 1 aliphatic heterocycles. The lowest BCUT2D eigenvalue weighted by Gasteiger charge is -2.38. The number of nitrogens with one attached hydrogen (secondary N) is 1. The third-order valence-corrected chi connectivity index (χ3v) is 6.71. The number of rotatable bonds is 6. The molecule has 11 heteroatoms. The number of carbonyl (C=O) groups is 1. The summed E-state index contributed by atoms with van der Waals surface area (Å²) < 4.78 is 42.1. The number of benzene rings is 1. The van der Waals surface area contributed by atoms with Crippen LogP contribution in [0.1, 0.15) is 29.9 Å². The highest BCUT2D eigenvalue weighted by atomic mass is 19.4. The van der Waals surface area contributed by atoms with Crippen molar-refractivity contribution in [1.29, 1.82) is 0 Å². The number of halogens is 3. The van der Waals surface area contributed by atoms with Crippen LogP contribution >= 0.6 is 0 Å². The summed E-state index contributed by atoms with van der Waals surface area (Å²) >= 11 is 0. The van der Waals surface area contributed by atoms with Crippen LogP contribution < -0.4 is 10.2 Å². The molecule has 0 spiro atoms. The summed E-state index contributed by atoms with van der Waals surface area (Å²) in [5.74, 6) is -0.139. The van der Waals surface area contributed by atoms with E-state index in [1.54, 1.807) is 18.2 Å². The van der Waals surface area contributed by atoms with Gasteiger partial charge in [-0.05, 0) is 62.4 Å². The van der Waals surface area contributed by atoms with Gasteiger partial charge in [-0.25, -0.2) is 9.67 Å². The summed E-state index contributed by atoms with van der Waals surface area (Å²) in [4.78, 5) is 25.7. The van der Waals surface area contributed by atoms with E-state index in [2.05, 4.69) is 44.0 Å². The van der Waals surface area contributed by atoms with Crippen molar-refractivity contribution >= 4 is 17.4 Å². The van der Waals surface area contributed by atoms with Gasteiger partial charge in [-0.2, -0.15) is 18.3 Å². The summed E-state index contributed by atoms with van der Waals surface area (Å²) in [6.07, 6.45) is -0.404. The molecule has 0 bridgehead atoms. The van der Waals surface area contributed by atoms with Crippen LogP contribution in [0.15, 0.2) is 73.2 Å². The third kappa shape index (κ3) is 5.93. The number of carbonyl (C=O) groups excluding carboxylic acids is 1. The second kappa shape index (κ2) is 10.9. The predicted molar refractivity (Wildman–Crippen MR) is 143 cm³/mol. The smallest absolute Gasteiger partial charge is 0.369 e. The van der Waals surface area contributed by atoms with Gasteiger partial charge in [0, 0.05) is 61.4 Å². The lowest BCUT2D eigenvalue weighted by atomic mass is 10.1.